The van der Waals surface area contributed by atoms with Crippen LogP contribution in [-0.4, -0.2) is 54.4 Å². The zero-order chi connectivity index (χ0) is 15.7. The van der Waals surface area contributed by atoms with Crippen molar-refractivity contribution in [1.29, 1.82) is 0 Å². The number of rotatable bonds is 4. The van der Waals surface area contributed by atoms with Gasteiger partial charge < -0.3 is 5.11 Å². The summed E-state index contributed by atoms with van der Waals surface area (Å²) in [5, 5.41) is 9.46. The Hall–Kier alpha value is -0.170. The molecule has 1 atom stereocenters. The Morgan fingerprint density at radius 3 is 2.38 bits per heavy atom. The van der Waals surface area contributed by atoms with Crippen molar-refractivity contribution in [1.82, 2.24) is 8.61 Å². The molecule has 2 rings (SSSR count). The highest BCUT2D eigenvalue weighted by Crippen LogP contribution is 2.37. The lowest BCUT2D eigenvalue weighted by atomic mass is 9.76. The van der Waals surface area contributed by atoms with Gasteiger partial charge in [0.2, 0.25) is 0 Å². The molecule has 1 aliphatic carbocycles. The fourth-order valence-electron chi connectivity index (χ4n) is 3.56. The van der Waals surface area contributed by atoms with Crippen LogP contribution in [0, 0.1) is 5.41 Å². The maximum atomic E-state index is 12.9. The Kier molecular flexibility index (Phi) is 5.34. The average molecular weight is 318 g/mol. The Morgan fingerprint density at radius 2 is 1.81 bits per heavy atom. The number of nitrogens with zero attached hydrogens (tertiary/aromatic N) is 2. The quantitative estimate of drug-likeness (QED) is 0.862. The first-order chi connectivity index (χ1) is 9.78. The summed E-state index contributed by atoms with van der Waals surface area (Å²) in [6.45, 7) is 4.97. The minimum Gasteiger partial charge on any atom is -0.395 e. The van der Waals surface area contributed by atoms with E-state index in [4.69, 9.17) is 0 Å². The summed E-state index contributed by atoms with van der Waals surface area (Å²) in [5.74, 6) is 0. The zero-order valence-corrected chi connectivity index (χ0v) is 14.4. The van der Waals surface area contributed by atoms with Gasteiger partial charge in [0.05, 0.1) is 6.61 Å². The summed E-state index contributed by atoms with van der Waals surface area (Å²) < 4.78 is 28.8. The van der Waals surface area contributed by atoms with Crippen molar-refractivity contribution in [3.8, 4) is 0 Å². The van der Waals surface area contributed by atoms with E-state index in [0.29, 0.717) is 12.0 Å². The molecule has 1 saturated carbocycles. The lowest BCUT2D eigenvalue weighted by molar-refractivity contribution is 0.135. The van der Waals surface area contributed by atoms with Gasteiger partial charge in [-0.3, -0.25) is 0 Å². The third-order valence-electron chi connectivity index (χ3n) is 5.27. The lowest BCUT2D eigenvalue weighted by Gasteiger charge is -2.42. The van der Waals surface area contributed by atoms with Crippen LogP contribution in [0.15, 0.2) is 0 Å². The molecule has 1 unspecified atom stereocenters. The summed E-state index contributed by atoms with van der Waals surface area (Å²) in [4.78, 5) is 0. The van der Waals surface area contributed by atoms with E-state index >= 15 is 0 Å². The highest BCUT2D eigenvalue weighted by molar-refractivity contribution is 7.86. The predicted octanol–water partition coefficient (Wildman–Crippen LogP) is 1.98. The van der Waals surface area contributed by atoms with E-state index in [9.17, 15) is 13.5 Å². The Morgan fingerprint density at radius 1 is 1.19 bits per heavy atom. The summed E-state index contributed by atoms with van der Waals surface area (Å²) in [5.41, 5.74) is 0.333. The molecule has 0 aromatic carbocycles. The third kappa shape index (κ3) is 3.78. The molecule has 5 nitrogen and oxygen atoms in total. The number of piperidine rings is 1. The second-order valence-electron chi connectivity index (χ2n) is 7.36. The Labute approximate surface area is 129 Å². The van der Waals surface area contributed by atoms with E-state index in [0.717, 1.165) is 44.9 Å². The topological polar surface area (TPSA) is 60.9 Å². The third-order valence-corrected chi connectivity index (χ3v) is 7.37. The molecule has 124 valence electrons. The highest BCUT2D eigenvalue weighted by Gasteiger charge is 2.39. The number of aliphatic hydroxyl groups is 1. The van der Waals surface area contributed by atoms with Crippen molar-refractivity contribution >= 4 is 10.2 Å². The van der Waals surface area contributed by atoms with Gasteiger partial charge in [-0.1, -0.05) is 20.3 Å². The van der Waals surface area contributed by atoms with Crippen molar-refractivity contribution in [2.24, 2.45) is 5.41 Å². The first-order valence-corrected chi connectivity index (χ1v) is 9.53. The molecule has 0 radical (unpaired) electrons. The molecule has 0 aromatic heterocycles. The summed E-state index contributed by atoms with van der Waals surface area (Å²) in [7, 11) is -1.74. The van der Waals surface area contributed by atoms with Gasteiger partial charge in [-0.05, 0) is 43.9 Å². The first kappa shape index (κ1) is 17.2. The van der Waals surface area contributed by atoms with Gasteiger partial charge in [-0.2, -0.15) is 17.0 Å². The predicted molar refractivity (Wildman–Crippen MR) is 84.2 cm³/mol. The van der Waals surface area contributed by atoms with Gasteiger partial charge in [-0.15, -0.1) is 0 Å². The molecule has 2 aliphatic rings. The standard InChI is InChI=1S/C15H30N2O3S/c1-15(2)9-7-13(8-10-15)16(3)21(19,20)17-11-5-4-6-14(17)12-18/h13-14,18H,4-12H2,1-3H3. The largest absolute Gasteiger partial charge is 0.395 e. The van der Waals surface area contributed by atoms with Crippen molar-refractivity contribution < 1.29 is 13.5 Å². The van der Waals surface area contributed by atoms with E-state index < -0.39 is 10.2 Å². The van der Waals surface area contributed by atoms with Crippen LogP contribution in [0.1, 0.15) is 58.8 Å². The minimum atomic E-state index is -3.45. The van der Waals surface area contributed by atoms with Crippen LogP contribution in [0.25, 0.3) is 0 Å². The molecular formula is C15H30N2O3S. The Balaban J connectivity index is 2.08. The van der Waals surface area contributed by atoms with E-state index in [1.54, 1.807) is 11.4 Å². The molecule has 21 heavy (non-hydrogen) atoms. The average Bonchev–Trinajstić information content (AvgIpc) is 2.46. The van der Waals surface area contributed by atoms with Crippen molar-refractivity contribution in [3.63, 3.8) is 0 Å². The second-order valence-corrected chi connectivity index (χ2v) is 9.30. The maximum absolute atomic E-state index is 12.9. The normalized spacial score (nSPS) is 28.9. The molecular weight excluding hydrogens is 288 g/mol. The molecule has 1 heterocycles. The summed E-state index contributed by atoms with van der Waals surface area (Å²) in [6, 6.07) is -0.143. The van der Waals surface area contributed by atoms with Crippen LogP contribution in [-0.2, 0) is 10.2 Å². The molecule has 0 spiro atoms. The molecule has 1 N–H and O–H groups in total. The molecule has 0 aromatic rings. The summed E-state index contributed by atoms with van der Waals surface area (Å²) >= 11 is 0. The van der Waals surface area contributed by atoms with Gasteiger partial charge in [0.25, 0.3) is 10.2 Å². The van der Waals surface area contributed by atoms with E-state index in [1.807, 2.05) is 0 Å². The van der Waals surface area contributed by atoms with Crippen LogP contribution in [0.5, 0.6) is 0 Å². The van der Waals surface area contributed by atoms with E-state index in [2.05, 4.69) is 13.8 Å². The van der Waals surface area contributed by atoms with E-state index in [1.165, 1.54) is 4.31 Å². The fourth-order valence-corrected chi connectivity index (χ4v) is 5.39. The van der Waals surface area contributed by atoms with Crippen LogP contribution in [0.4, 0.5) is 0 Å². The molecule has 0 amide bonds. The smallest absolute Gasteiger partial charge is 0.282 e. The minimum absolute atomic E-state index is 0.0786. The molecule has 2 fully saturated rings. The molecule has 1 aliphatic heterocycles. The maximum Gasteiger partial charge on any atom is 0.282 e. The van der Waals surface area contributed by atoms with E-state index in [-0.39, 0.29) is 18.7 Å². The van der Waals surface area contributed by atoms with Crippen LogP contribution in [0.2, 0.25) is 0 Å². The number of aliphatic hydroxyl groups excluding tert-OH is 1. The van der Waals surface area contributed by atoms with Crippen LogP contribution in [0.3, 0.4) is 0 Å². The summed E-state index contributed by atoms with van der Waals surface area (Å²) in [6.07, 6.45) is 6.66. The fraction of sp³-hybridized carbons (Fsp3) is 1.00. The van der Waals surface area contributed by atoms with Crippen LogP contribution >= 0.6 is 0 Å². The molecule has 6 heteroatoms. The van der Waals surface area contributed by atoms with Crippen LogP contribution < -0.4 is 0 Å². The van der Waals surface area contributed by atoms with Crippen molar-refractivity contribution in [2.45, 2.75) is 70.9 Å². The second kappa shape index (κ2) is 6.52. The number of hydrogen-bond acceptors (Lipinski definition) is 3. The molecule has 1 saturated heterocycles. The van der Waals surface area contributed by atoms with Crippen molar-refractivity contribution in [3.05, 3.63) is 0 Å². The SMILES string of the molecule is CN(C1CCC(C)(C)CC1)S(=O)(=O)N1CCCCC1CO. The van der Waals surface area contributed by atoms with Gasteiger partial charge >= 0.3 is 0 Å². The van der Waals surface area contributed by atoms with Gasteiger partial charge in [0.15, 0.2) is 0 Å². The highest BCUT2D eigenvalue weighted by atomic mass is 32.2. The Bertz CT molecular complexity index is 440. The van der Waals surface area contributed by atoms with Gasteiger partial charge in [0.1, 0.15) is 0 Å². The van der Waals surface area contributed by atoms with Gasteiger partial charge in [0, 0.05) is 25.7 Å². The molecule has 0 bridgehead atoms. The first-order valence-electron chi connectivity index (χ1n) is 8.13. The van der Waals surface area contributed by atoms with Crippen molar-refractivity contribution in [2.75, 3.05) is 20.2 Å². The van der Waals surface area contributed by atoms with Gasteiger partial charge in [-0.25, -0.2) is 0 Å². The lowest BCUT2D eigenvalue weighted by Crippen LogP contribution is -2.53. The number of hydrogen-bond donors (Lipinski definition) is 1. The monoisotopic (exact) mass is 318 g/mol. The zero-order valence-electron chi connectivity index (χ0n) is 13.6.